The van der Waals surface area contributed by atoms with Crippen molar-refractivity contribution in [1.82, 2.24) is 0 Å². The number of halogens is 1. The van der Waals surface area contributed by atoms with Crippen molar-refractivity contribution >= 4 is 21.9 Å². The maximum absolute atomic E-state index is 11.0. The predicted octanol–water partition coefficient (Wildman–Crippen LogP) is 3.41. The Morgan fingerprint density at radius 2 is 2.07 bits per heavy atom. The van der Waals surface area contributed by atoms with Crippen LogP contribution in [0.15, 0.2) is 22.7 Å². The molecule has 0 aromatic heterocycles. The summed E-state index contributed by atoms with van der Waals surface area (Å²) in [4.78, 5) is 11.0. The Bertz CT molecular complexity index is 383. The standard InChI is InChI=1S/C12H15BrO2/c1-8-5-4-6-9(10(8)13)7-12(2,3)11(14)15/h4-6H,7H2,1-3H3,(H,14,15). The van der Waals surface area contributed by atoms with Crippen LogP contribution in [0.3, 0.4) is 0 Å². The van der Waals surface area contributed by atoms with Crippen molar-refractivity contribution in [2.45, 2.75) is 27.2 Å². The van der Waals surface area contributed by atoms with E-state index in [1.165, 1.54) is 0 Å². The van der Waals surface area contributed by atoms with Gasteiger partial charge in [-0.1, -0.05) is 34.1 Å². The Hall–Kier alpha value is -0.830. The van der Waals surface area contributed by atoms with Crippen LogP contribution in [0.25, 0.3) is 0 Å². The molecule has 3 heteroatoms. The van der Waals surface area contributed by atoms with Crippen LogP contribution in [0, 0.1) is 12.3 Å². The molecule has 0 atom stereocenters. The van der Waals surface area contributed by atoms with Gasteiger partial charge in [-0.15, -0.1) is 0 Å². The van der Waals surface area contributed by atoms with Gasteiger partial charge in [-0.3, -0.25) is 4.79 Å². The van der Waals surface area contributed by atoms with Gasteiger partial charge < -0.3 is 5.11 Å². The molecule has 0 fully saturated rings. The number of carboxylic acid groups (broad SMARTS) is 1. The minimum atomic E-state index is -0.768. The second-order valence-corrected chi connectivity index (χ2v) is 5.21. The van der Waals surface area contributed by atoms with Gasteiger partial charge in [0.05, 0.1) is 5.41 Å². The topological polar surface area (TPSA) is 37.3 Å². The molecule has 0 aliphatic carbocycles. The van der Waals surface area contributed by atoms with Crippen LogP contribution >= 0.6 is 15.9 Å². The lowest BCUT2D eigenvalue weighted by atomic mass is 9.85. The van der Waals surface area contributed by atoms with E-state index in [0.29, 0.717) is 6.42 Å². The summed E-state index contributed by atoms with van der Waals surface area (Å²) in [5.41, 5.74) is 1.45. The fourth-order valence-corrected chi connectivity index (χ4v) is 1.80. The van der Waals surface area contributed by atoms with Gasteiger partial charge in [0.1, 0.15) is 0 Å². The molecule has 0 saturated heterocycles. The summed E-state index contributed by atoms with van der Waals surface area (Å²) in [7, 11) is 0. The molecule has 0 amide bonds. The van der Waals surface area contributed by atoms with E-state index < -0.39 is 11.4 Å². The molecule has 15 heavy (non-hydrogen) atoms. The highest BCUT2D eigenvalue weighted by Crippen LogP contribution is 2.28. The molecule has 0 radical (unpaired) electrons. The molecule has 1 rings (SSSR count). The van der Waals surface area contributed by atoms with Crippen molar-refractivity contribution in [3.8, 4) is 0 Å². The molecule has 0 aliphatic heterocycles. The first kappa shape index (κ1) is 12.2. The molecule has 0 saturated carbocycles. The van der Waals surface area contributed by atoms with Crippen molar-refractivity contribution in [3.63, 3.8) is 0 Å². The molecule has 0 unspecified atom stereocenters. The first-order valence-corrected chi connectivity index (χ1v) is 5.61. The Labute approximate surface area is 98.4 Å². The fraction of sp³-hybridized carbons (Fsp3) is 0.417. The van der Waals surface area contributed by atoms with Gasteiger partial charge in [-0.25, -0.2) is 0 Å². The Morgan fingerprint density at radius 3 is 2.60 bits per heavy atom. The van der Waals surface area contributed by atoms with Gasteiger partial charge in [0, 0.05) is 4.47 Å². The number of aliphatic carboxylic acids is 1. The number of hydrogen-bond acceptors (Lipinski definition) is 1. The average molecular weight is 271 g/mol. The first-order chi connectivity index (χ1) is 6.84. The third kappa shape index (κ3) is 2.81. The van der Waals surface area contributed by atoms with Crippen molar-refractivity contribution in [3.05, 3.63) is 33.8 Å². The van der Waals surface area contributed by atoms with Crippen LogP contribution in [-0.2, 0) is 11.2 Å². The van der Waals surface area contributed by atoms with E-state index in [1.807, 2.05) is 25.1 Å². The van der Waals surface area contributed by atoms with Crippen LogP contribution in [-0.4, -0.2) is 11.1 Å². The SMILES string of the molecule is Cc1cccc(CC(C)(C)C(=O)O)c1Br. The van der Waals surface area contributed by atoms with Crippen LogP contribution < -0.4 is 0 Å². The van der Waals surface area contributed by atoms with Crippen molar-refractivity contribution in [2.75, 3.05) is 0 Å². The molecular formula is C12H15BrO2. The van der Waals surface area contributed by atoms with Gasteiger partial charge in [0.15, 0.2) is 0 Å². The van der Waals surface area contributed by atoms with E-state index in [2.05, 4.69) is 15.9 Å². The smallest absolute Gasteiger partial charge is 0.309 e. The van der Waals surface area contributed by atoms with Gasteiger partial charge in [0.25, 0.3) is 0 Å². The van der Waals surface area contributed by atoms with Crippen molar-refractivity contribution < 1.29 is 9.90 Å². The zero-order chi connectivity index (χ0) is 11.6. The largest absolute Gasteiger partial charge is 0.481 e. The monoisotopic (exact) mass is 270 g/mol. The average Bonchev–Trinajstić information content (AvgIpc) is 2.12. The Balaban J connectivity index is 3.00. The van der Waals surface area contributed by atoms with E-state index in [9.17, 15) is 4.79 Å². The molecule has 0 spiro atoms. The molecular weight excluding hydrogens is 256 g/mol. The lowest BCUT2D eigenvalue weighted by molar-refractivity contribution is -0.146. The molecule has 1 aromatic rings. The lowest BCUT2D eigenvalue weighted by Gasteiger charge is -2.20. The molecule has 0 heterocycles. The minimum Gasteiger partial charge on any atom is -0.481 e. The number of carboxylic acids is 1. The van der Waals surface area contributed by atoms with Gasteiger partial charge in [-0.05, 0) is 38.3 Å². The van der Waals surface area contributed by atoms with Crippen LogP contribution in [0.2, 0.25) is 0 Å². The maximum Gasteiger partial charge on any atom is 0.309 e. The highest BCUT2D eigenvalue weighted by Gasteiger charge is 2.28. The second-order valence-electron chi connectivity index (χ2n) is 4.41. The zero-order valence-electron chi connectivity index (χ0n) is 9.17. The third-order valence-electron chi connectivity index (χ3n) is 2.48. The molecule has 1 N–H and O–H groups in total. The summed E-state index contributed by atoms with van der Waals surface area (Å²) in [6.07, 6.45) is 0.532. The van der Waals surface area contributed by atoms with Crippen LogP contribution in [0.1, 0.15) is 25.0 Å². The summed E-state index contributed by atoms with van der Waals surface area (Å²) < 4.78 is 1.01. The summed E-state index contributed by atoms with van der Waals surface area (Å²) in [5.74, 6) is -0.768. The first-order valence-electron chi connectivity index (χ1n) is 4.82. The predicted molar refractivity (Wildman–Crippen MR) is 64.0 cm³/mol. The number of aryl methyl sites for hydroxylation is 1. The number of carbonyl (C=O) groups is 1. The number of benzene rings is 1. The second kappa shape index (κ2) is 4.35. The van der Waals surface area contributed by atoms with Crippen molar-refractivity contribution in [1.29, 1.82) is 0 Å². The molecule has 0 bridgehead atoms. The highest BCUT2D eigenvalue weighted by atomic mass is 79.9. The minimum absolute atomic E-state index is 0.532. The van der Waals surface area contributed by atoms with E-state index in [-0.39, 0.29) is 0 Å². The van der Waals surface area contributed by atoms with Gasteiger partial charge in [-0.2, -0.15) is 0 Å². The van der Waals surface area contributed by atoms with Crippen LogP contribution in [0.5, 0.6) is 0 Å². The summed E-state index contributed by atoms with van der Waals surface area (Å²) >= 11 is 3.49. The fourth-order valence-electron chi connectivity index (χ4n) is 1.40. The van der Waals surface area contributed by atoms with E-state index in [0.717, 1.165) is 15.6 Å². The quantitative estimate of drug-likeness (QED) is 0.914. The molecule has 82 valence electrons. The third-order valence-corrected chi connectivity index (χ3v) is 3.62. The normalized spacial score (nSPS) is 11.5. The van der Waals surface area contributed by atoms with Crippen LogP contribution in [0.4, 0.5) is 0 Å². The molecule has 1 aromatic carbocycles. The Morgan fingerprint density at radius 1 is 1.47 bits per heavy atom. The molecule has 0 aliphatic rings. The van der Waals surface area contributed by atoms with E-state index in [4.69, 9.17) is 5.11 Å². The van der Waals surface area contributed by atoms with E-state index >= 15 is 0 Å². The lowest BCUT2D eigenvalue weighted by Crippen LogP contribution is -2.26. The Kier molecular flexibility index (Phi) is 3.55. The zero-order valence-corrected chi connectivity index (χ0v) is 10.8. The summed E-state index contributed by atoms with van der Waals surface area (Å²) in [6.45, 7) is 5.48. The number of hydrogen-bond donors (Lipinski definition) is 1. The summed E-state index contributed by atoms with van der Waals surface area (Å²) in [6, 6.07) is 5.91. The highest BCUT2D eigenvalue weighted by molar-refractivity contribution is 9.10. The van der Waals surface area contributed by atoms with E-state index in [1.54, 1.807) is 13.8 Å². The van der Waals surface area contributed by atoms with Gasteiger partial charge in [0.2, 0.25) is 0 Å². The molecule has 2 nitrogen and oxygen atoms in total. The summed E-state index contributed by atoms with van der Waals surface area (Å²) in [5, 5.41) is 9.05. The number of rotatable bonds is 3. The van der Waals surface area contributed by atoms with Crippen molar-refractivity contribution in [2.24, 2.45) is 5.41 Å². The maximum atomic E-state index is 11.0. The van der Waals surface area contributed by atoms with Gasteiger partial charge >= 0.3 is 5.97 Å².